The summed E-state index contributed by atoms with van der Waals surface area (Å²) in [4.78, 5) is 9.16. The second kappa shape index (κ2) is 11.0. The number of aliphatic hydroxyl groups is 1. The third kappa shape index (κ3) is 6.56. The lowest BCUT2D eigenvalue weighted by Gasteiger charge is -2.23. The zero-order valence-electron chi connectivity index (χ0n) is 21.0. The lowest BCUT2D eigenvalue weighted by atomic mass is 10.1. The molecule has 9 heteroatoms. The van der Waals surface area contributed by atoms with E-state index in [9.17, 15) is 5.11 Å². The zero-order valence-corrected chi connectivity index (χ0v) is 21.8. The van der Waals surface area contributed by atoms with Gasteiger partial charge in [0, 0.05) is 47.9 Å². The maximum Gasteiger partial charge on any atom is 0.189 e. The van der Waals surface area contributed by atoms with Gasteiger partial charge in [-0.1, -0.05) is 53.3 Å². The van der Waals surface area contributed by atoms with E-state index in [0.29, 0.717) is 28.9 Å². The van der Waals surface area contributed by atoms with E-state index in [1.165, 1.54) is 17.3 Å². The van der Waals surface area contributed by atoms with Crippen molar-refractivity contribution in [1.29, 1.82) is 0 Å². The standard InChI is InChI=1S/C28H31N5O3S/c1-28(2,34)37-22-9-7-20(8-10-22)24-17-31-27(29)26(32-24)25-15-23(33-36-25)19-5-3-18(4-6-19)16-30-21-11-13-35-14-12-21/h3-10,15,17,21,30,34H,11-14,16H2,1-2H3,(H2,29,31). The molecule has 1 aliphatic heterocycles. The van der Waals surface area contributed by atoms with Gasteiger partial charge in [0.2, 0.25) is 0 Å². The van der Waals surface area contributed by atoms with Gasteiger partial charge in [0.25, 0.3) is 0 Å². The Bertz CT molecular complexity index is 1330. The van der Waals surface area contributed by atoms with Crippen molar-refractivity contribution in [3.05, 3.63) is 66.4 Å². The van der Waals surface area contributed by atoms with Crippen LogP contribution in [-0.4, -0.2) is 44.4 Å². The second-order valence-electron chi connectivity index (χ2n) is 9.60. The average molecular weight is 518 g/mol. The van der Waals surface area contributed by atoms with E-state index in [2.05, 4.69) is 27.6 Å². The molecule has 0 spiro atoms. The van der Waals surface area contributed by atoms with Gasteiger partial charge in [-0.25, -0.2) is 9.97 Å². The summed E-state index contributed by atoms with van der Waals surface area (Å²) in [6, 6.07) is 18.4. The summed E-state index contributed by atoms with van der Waals surface area (Å²) in [5.74, 6) is 0.733. The number of nitrogens with two attached hydrogens (primary N) is 1. The molecule has 4 aromatic rings. The summed E-state index contributed by atoms with van der Waals surface area (Å²) in [5, 5.41) is 17.9. The molecule has 0 atom stereocenters. The van der Waals surface area contributed by atoms with Crippen LogP contribution < -0.4 is 11.1 Å². The minimum Gasteiger partial charge on any atom is -0.382 e. The van der Waals surface area contributed by atoms with Crippen LogP contribution in [0, 0.1) is 0 Å². The van der Waals surface area contributed by atoms with Gasteiger partial charge in [-0.05, 0) is 44.4 Å². The molecule has 4 N–H and O–H groups in total. The molecule has 5 rings (SSSR count). The Morgan fingerprint density at radius 2 is 1.70 bits per heavy atom. The fourth-order valence-electron chi connectivity index (χ4n) is 4.18. The van der Waals surface area contributed by atoms with Crippen LogP contribution in [0.2, 0.25) is 0 Å². The molecule has 1 saturated heterocycles. The first-order valence-corrected chi connectivity index (χ1v) is 13.2. The normalized spacial score (nSPS) is 14.7. The van der Waals surface area contributed by atoms with Gasteiger partial charge >= 0.3 is 0 Å². The van der Waals surface area contributed by atoms with Crippen molar-refractivity contribution in [2.45, 2.75) is 49.1 Å². The summed E-state index contributed by atoms with van der Waals surface area (Å²) in [7, 11) is 0. The molecule has 0 aliphatic carbocycles. The first kappa shape index (κ1) is 25.4. The van der Waals surface area contributed by atoms with E-state index in [-0.39, 0.29) is 5.82 Å². The van der Waals surface area contributed by atoms with E-state index in [4.69, 9.17) is 20.0 Å². The highest BCUT2D eigenvalue weighted by atomic mass is 32.2. The molecule has 0 saturated carbocycles. The molecular weight excluding hydrogens is 486 g/mol. The average Bonchev–Trinajstić information content (AvgIpc) is 3.38. The third-order valence-electron chi connectivity index (χ3n) is 6.13. The van der Waals surface area contributed by atoms with Crippen LogP contribution in [0.5, 0.6) is 0 Å². The number of anilines is 1. The molecule has 37 heavy (non-hydrogen) atoms. The fraction of sp³-hybridized carbons (Fsp3) is 0.321. The molecule has 3 heterocycles. The molecule has 1 fully saturated rings. The van der Waals surface area contributed by atoms with E-state index in [0.717, 1.165) is 48.6 Å². The maximum atomic E-state index is 10.0. The minimum atomic E-state index is -0.846. The quantitative estimate of drug-likeness (QED) is 0.216. The fourth-order valence-corrected chi connectivity index (χ4v) is 5.03. The largest absolute Gasteiger partial charge is 0.382 e. The van der Waals surface area contributed by atoms with E-state index in [1.807, 2.05) is 42.5 Å². The van der Waals surface area contributed by atoms with E-state index < -0.39 is 4.93 Å². The van der Waals surface area contributed by atoms with Crippen molar-refractivity contribution in [1.82, 2.24) is 20.4 Å². The monoisotopic (exact) mass is 517 g/mol. The lowest BCUT2D eigenvalue weighted by Crippen LogP contribution is -2.34. The SMILES string of the molecule is CC(C)(O)Sc1ccc(-c2cnc(N)c(-c3cc(-c4ccc(CNC5CCOCC5)cc4)no3)n2)cc1. The van der Waals surface area contributed by atoms with Gasteiger partial charge in [0.1, 0.15) is 10.6 Å². The van der Waals surface area contributed by atoms with Crippen molar-refractivity contribution in [2.75, 3.05) is 18.9 Å². The second-order valence-corrected chi connectivity index (χ2v) is 11.3. The van der Waals surface area contributed by atoms with Gasteiger partial charge in [-0.3, -0.25) is 0 Å². The van der Waals surface area contributed by atoms with Crippen LogP contribution in [0.3, 0.4) is 0 Å². The highest BCUT2D eigenvalue weighted by molar-refractivity contribution is 8.00. The molecule has 192 valence electrons. The number of nitrogen functional groups attached to an aromatic ring is 1. The Hall–Kier alpha value is -3.24. The van der Waals surface area contributed by atoms with Crippen LogP contribution in [0.4, 0.5) is 5.82 Å². The highest BCUT2D eigenvalue weighted by Gasteiger charge is 2.17. The summed E-state index contributed by atoms with van der Waals surface area (Å²) in [5.41, 5.74) is 11.0. The van der Waals surface area contributed by atoms with Gasteiger partial charge in [-0.2, -0.15) is 0 Å². The van der Waals surface area contributed by atoms with Gasteiger partial charge in [0.15, 0.2) is 17.3 Å². The Balaban J connectivity index is 1.29. The molecule has 1 aliphatic rings. The van der Waals surface area contributed by atoms with Crippen LogP contribution >= 0.6 is 11.8 Å². The summed E-state index contributed by atoms with van der Waals surface area (Å²) >= 11 is 1.39. The summed E-state index contributed by atoms with van der Waals surface area (Å²) in [6.45, 7) is 6.00. The summed E-state index contributed by atoms with van der Waals surface area (Å²) < 4.78 is 11.0. The number of ether oxygens (including phenoxy) is 1. The van der Waals surface area contributed by atoms with Crippen molar-refractivity contribution in [3.63, 3.8) is 0 Å². The Labute approximate surface area is 220 Å². The molecule has 0 unspecified atom stereocenters. The molecule has 0 radical (unpaired) electrons. The number of hydrogen-bond donors (Lipinski definition) is 3. The third-order valence-corrected chi connectivity index (χ3v) is 7.14. The van der Waals surface area contributed by atoms with Crippen molar-refractivity contribution < 1.29 is 14.4 Å². The van der Waals surface area contributed by atoms with Crippen molar-refractivity contribution in [2.24, 2.45) is 0 Å². The van der Waals surface area contributed by atoms with E-state index >= 15 is 0 Å². The number of aromatic nitrogens is 3. The smallest absolute Gasteiger partial charge is 0.189 e. The molecule has 8 nitrogen and oxygen atoms in total. The molecule has 2 aromatic carbocycles. The molecule has 0 bridgehead atoms. The van der Waals surface area contributed by atoms with Crippen LogP contribution in [0.15, 0.2) is 70.2 Å². The van der Waals surface area contributed by atoms with E-state index in [1.54, 1.807) is 20.0 Å². The summed E-state index contributed by atoms with van der Waals surface area (Å²) in [6.07, 6.45) is 3.75. The Kier molecular flexibility index (Phi) is 7.57. The number of benzene rings is 2. The predicted molar refractivity (Wildman–Crippen MR) is 146 cm³/mol. The van der Waals surface area contributed by atoms with Crippen LogP contribution in [0.25, 0.3) is 34.0 Å². The predicted octanol–water partition coefficient (Wildman–Crippen LogP) is 5.14. The van der Waals surface area contributed by atoms with Gasteiger partial charge in [-0.15, -0.1) is 0 Å². The van der Waals surface area contributed by atoms with Gasteiger partial charge < -0.3 is 25.4 Å². The minimum absolute atomic E-state index is 0.273. The Morgan fingerprint density at radius 3 is 2.41 bits per heavy atom. The molecule has 0 amide bonds. The van der Waals surface area contributed by atoms with Crippen LogP contribution in [-0.2, 0) is 11.3 Å². The first-order valence-electron chi connectivity index (χ1n) is 12.4. The Morgan fingerprint density at radius 1 is 1.03 bits per heavy atom. The lowest BCUT2D eigenvalue weighted by molar-refractivity contribution is 0.0776. The topological polar surface area (TPSA) is 119 Å². The highest BCUT2D eigenvalue weighted by Crippen LogP contribution is 2.33. The number of rotatable bonds is 8. The number of hydrogen-bond acceptors (Lipinski definition) is 9. The van der Waals surface area contributed by atoms with Crippen molar-refractivity contribution in [3.8, 4) is 34.0 Å². The number of nitrogens with zero attached hydrogens (tertiary/aromatic N) is 3. The number of nitrogens with one attached hydrogen (secondary N) is 1. The maximum absolute atomic E-state index is 10.0. The molecule has 2 aromatic heterocycles. The van der Waals surface area contributed by atoms with Gasteiger partial charge in [0.05, 0.1) is 11.9 Å². The van der Waals surface area contributed by atoms with Crippen LogP contribution in [0.1, 0.15) is 32.3 Å². The molecular formula is C28H31N5O3S. The number of thioether (sulfide) groups is 1. The zero-order chi connectivity index (χ0) is 25.8. The van der Waals surface area contributed by atoms with Crippen molar-refractivity contribution >= 4 is 17.6 Å². The first-order chi connectivity index (χ1) is 17.8.